The first-order chi connectivity index (χ1) is 16.6. The molecule has 0 spiro atoms. The number of aliphatic carboxylic acids is 2. The van der Waals surface area contributed by atoms with Crippen molar-refractivity contribution in [3.8, 4) is 5.75 Å². The molecule has 200 valence electrons. The molecule has 1 aromatic rings. The minimum absolute atomic E-state index is 0.0872. The van der Waals surface area contributed by atoms with Gasteiger partial charge >= 0.3 is 24.1 Å². The summed E-state index contributed by atoms with van der Waals surface area (Å²) in [4.78, 5) is 58.5. The summed E-state index contributed by atoms with van der Waals surface area (Å²) in [5.74, 6) is -7.12. The summed E-state index contributed by atoms with van der Waals surface area (Å²) >= 11 is 0. The molecule has 14 heteroatoms. The molecule has 0 aliphatic rings. The lowest BCUT2D eigenvalue weighted by Gasteiger charge is -2.23. The van der Waals surface area contributed by atoms with Gasteiger partial charge in [0.2, 0.25) is 11.8 Å². The number of amides is 2. The second-order valence-corrected chi connectivity index (χ2v) is 8.36. The number of halogens is 3. The van der Waals surface area contributed by atoms with Crippen molar-refractivity contribution in [2.24, 2.45) is 11.7 Å². The lowest BCUT2D eigenvalue weighted by Crippen LogP contribution is -2.55. The van der Waals surface area contributed by atoms with Gasteiger partial charge in [-0.2, -0.15) is 13.2 Å². The zero-order valence-corrected chi connectivity index (χ0v) is 19.5. The van der Waals surface area contributed by atoms with Gasteiger partial charge in [-0.25, -0.2) is 9.59 Å². The number of carbonyl (C=O) groups is 5. The molecule has 2 amide bonds. The number of nitrogens with one attached hydrogen (secondary N) is 2. The lowest BCUT2D eigenvalue weighted by molar-refractivity contribution is -0.189. The Morgan fingerprint density at radius 1 is 0.972 bits per heavy atom. The number of hydrogen-bond donors (Lipinski definition) is 5. The SMILES string of the molecule is CC(C)C[C@H](NC(=O)[C@H](Cc1ccc(OC(=O)C(F)(F)F)cc1)NC(=O)[C@@H](N)CCC(=O)O)C(=O)O. The predicted molar refractivity (Wildman–Crippen MR) is 118 cm³/mol. The van der Waals surface area contributed by atoms with Crippen LogP contribution < -0.4 is 21.1 Å². The molecular weight excluding hydrogens is 491 g/mol. The quantitative estimate of drug-likeness (QED) is 0.187. The number of benzene rings is 1. The van der Waals surface area contributed by atoms with Crippen molar-refractivity contribution in [2.45, 2.75) is 63.8 Å². The van der Waals surface area contributed by atoms with Crippen LogP contribution in [0.4, 0.5) is 13.2 Å². The Balaban J connectivity index is 3.06. The minimum atomic E-state index is -5.19. The Bertz CT molecular complexity index is 951. The van der Waals surface area contributed by atoms with Crippen LogP contribution in [0, 0.1) is 5.92 Å². The van der Waals surface area contributed by atoms with Crippen LogP contribution in [0.1, 0.15) is 38.7 Å². The maximum Gasteiger partial charge on any atom is 0.491 e. The molecule has 0 unspecified atom stereocenters. The van der Waals surface area contributed by atoms with E-state index in [0.29, 0.717) is 5.56 Å². The van der Waals surface area contributed by atoms with E-state index in [2.05, 4.69) is 15.4 Å². The fourth-order valence-corrected chi connectivity index (χ4v) is 2.96. The maximum absolute atomic E-state index is 12.9. The predicted octanol–water partition coefficient (Wildman–Crippen LogP) is 0.989. The number of nitrogens with two attached hydrogens (primary N) is 1. The maximum atomic E-state index is 12.9. The number of carboxylic acids is 2. The first-order valence-electron chi connectivity index (χ1n) is 10.8. The van der Waals surface area contributed by atoms with Crippen molar-refractivity contribution < 1.29 is 52.1 Å². The van der Waals surface area contributed by atoms with Crippen molar-refractivity contribution in [3.63, 3.8) is 0 Å². The van der Waals surface area contributed by atoms with Crippen LogP contribution in [-0.2, 0) is 30.4 Å². The molecule has 11 nitrogen and oxygen atoms in total. The fourth-order valence-electron chi connectivity index (χ4n) is 2.96. The lowest BCUT2D eigenvalue weighted by atomic mass is 10.0. The highest BCUT2D eigenvalue weighted by Gasteiger charge is 2.41. The number of ether oxygens (including phenoxy) is 1. The summed E-state index contributed by atoms with van der Waals surface area (Å²) in [6.07, 6.45) is -5.95. The van der Waals surface area contributed by atoms with E-state index in [9.17, 15) is 42.3 Å². The van der Waals surface area contributed by atoms with Crippen molar-refractivity contribution >= 4 is 29.7 Å². The first kappa shape index (κ1) is 30.4. The minimum Gasteiger partial charge on any atom is -0.481 e. The molecule has 0 radical (unpaired) electrons. The van der Waals surface area contributed by atoms with Crippen LogP contribution in [0.2, 0.25) is 0 Å². The fraction of sp³-hybridized carbons (Fsp3) is 0.500. The molecule has 0 aromatic heterocycles. The van der Waals surface area contributed by atoms with Crippen molar-refractivity contribution in [1.29, 1.82) is 0 Å². The normalized spacial score (nSPS) is 13.9. The Labute approximate surface area is 204 Å². The Morgan fingerprint density at radius 2 is 1.53 bits per heavy atom. The summed E-state index contributed by atoms with van der Waals surface area (Å²) < 4.78 is 41.3. The Kier molecular flexibility index (Phi) is 11.3. The summed E-state index contributed by atoms with van der Waals surface area (Å²) in [6, 6.07) is 0.705. The molecule has 1 rings (SSSR count). The van der Waals surface area contributed by atoms with E-state index in [1.54, 1.807) is 13.8 Å². The van der Waals surface area contributed by atoms with Gasteiger partial charge < -0.3 is 31.3 Å². The number of hydrogen-bond acceptors (Lipinski definition) is 7. The number of carboxylic acid groups (broad SMARTS) is 2. The molecule has 0 aliphatic heterocycles. The molecule has 0 saturated carbocycles. The Morgan fingerprint density at radius 3 is 2.00 bits per heavy atom. The number of esters is 1. The van der Waals surface area contributed by atoms with E-state index in [1.165, 1.54) is 12.1 Å². The van der Waals surface area contributed by atoms with E-state index < -0.39 is 66.2 Å². The number of alkyl halides is 3. The third kappa shape index (κ3) is 10.7. The van der Waals surface area contributed by atoms with Gasteiger partial charge in [0.05, 0.1) is 6.04 Å². The van der Waals surface area contributed by atoms with Crippen LogP contribution in [0.5, 0.6) is 5.75 Å². The van der Waals surface area contributed by atoms with Crippen LogP contribution >= 0.6 is 0 Å². The second kappa shape index (κ2) is 13.4. The van der Waals surface area contributed by atoms with E-state index in [1.807, 2.05) is 0 Å². The smallest absolute Gasteiger partial charge is 0.481 e. The van der Waals surface area contributed by atoms with Gasteiger partial charge in [-0.05, 0) is 36.5 Å². The average molecular weight is 519 g/mol. The molecule has 0 saturated heterocycles. The average Bonchev–Trinajstić information content (AvgIpc) is 2.76. The van der Waals surface area contributed by atoms with Gasteiger partial charge in [0, 0.05) is 12.8 Å². The van der Waals surface area contributed by atoms with Crippen LogP contribution in [0.25, 0.3) is 0 Å². The van der Waals surface area contributed by atoms with E-state index in [-0.39, 0.29) is 25.2 Å². The van der Waals surface area contributed by atoms with Crippen LogP contribution in [-0.4, -0.2) is 64.2 Å². The largest absolute Gasteiger partial charge is 0.491 e. The van der Waals surface area contributed by atoms with Crippen molar-refractivity contribution in [3.05, 3.63) is 29.8 Å². The number of rotatable bonds is 13. The van der Waals surface area contributed by atoms with Gasteiger partial charge in [0.15, 0.2) is 0 Å². The monoisotopic (exact) mass is 519 g/mol. The van der Waals surface area contributed by atoms with Crippen molar-refractivity contribution in [1.82, 2.24) is 10.6 Å². The zero-order chi connectivity index (χ0) is 27.6. The molecule has 0 bridgehead atoms. The molecule has 0 aliphatic carbocycles. The molecule has 0 heterocycles. The van der Waals surface area contributed by atoms with Gasteiger partial charge in [-0.15, -0.1) is 0 Å². The molecular formula is C22H28F3N3O8. The highest BCUT2D eigenvalue weighted by Crippen LogP contribution is 2.21. The molecule has 6 N–H and O–H groups in total. The summed E-state index contributed by atoms with van der Waals surface area (Å²) in [5, 5.41) is 22.8. The van der Waals surface area contributed by atoms with Crippen molar-refractivity contribution in [2.75, 3.05) is 0 Å². The topological polar surface area (TPSA) is 185 Å². The highest BCUT2D eigenvalue weighted by atomic mass is 19.4. The van der Waals surface area contributed by atoms with E-state index in [0.717, 1.165) is 12.1 Å². The number of carbonyl (C=O) groups excluding carboxylic acids is 3. The van der Waals surface area contributed by atoms with Crippen LogP contribution in [0.15, 0.2) is 24.3 Å². The third-order valence-electron chi connectivity index (χ3n) is 4.77. The van der Waals surface area contributed by atoms with Gasteiger partial charge in [0.1, 0.15) is 17.8 Å². The summed E-state index contributed by atoms with van der Waals surface area (Å²) in [6.45, 7) is 3.49. The third-order valence-corrected chi connectivity index (χ3v) is 4.77. The molecule has 36 heavy (non-hydrogen) atoms. The van der Waals surface area contributed by atoms with E-state index in [4.69, 9.17) is 10.8 Å². The Hall–Kier alpha value is -3.68. The standard InChI is InChI=1S/C22H28F3N3O8/c1-11(2)9-16(20(33)34)28-19(32)15(27-18(31)14(26)7-8-17(29)30)10-12-3-5-13(6-4-12)36-21(35)22(23,24)25/h3-6,11,14-16H,7-10,26H2,1-2H3,(H,27,31)(H,28,32)(H,29,30)(H,33,34)/t14-,15-,16-/m0/s1. The van der Waals surface area contributed by atoms with Crippen LogP contribution in [0.3, 0.4) is 0 Å². The zero-order valence-electron chi connectivity index (χ0n) is 19.5. The molecule has 0 fully saturated rings. The molecule has 3 atom stereocenters. The first-order valence-corrected chi connectivity index (χ1v) is 10.8. The summed E-state index contributed by atoms with van der Waals surface area (Å²) in [7, 11) is 0. The van der Waals surface area contributed by atoms with Gasteiger partial charge in [-0.3, -0.25) is 14.4 Å². The highest BCUT2D eigenvalue weighted by molar-refractivity contribution is 5.92. The second-order valence-electron chi connectivity index (χ2n) is 8.36. The van der Waals surface area contributed by atoms with Gasteiger partial charge in [0.25, 0.3) is 0 Å². The van der Waals surface area contributed by atoms with E-state index >= 15 is 0 Å². The summed E-state index contributed by atoms with van der Waals surface area (Å²) in [5.41, 5.74) is 6.00. The van der Waals surface area contributed by atoms with Gasteiger partial charge in [-0.1, -0.05) is 26.0 Å². The molecule has 1 aromatic carbocycles.